The monoisotopic (exact) mass is 531 g/mol. The summed E-state index contributed by atoms with van der Waals surface area (Å²) in [6, 6.07) is 25.9. The minimum absolute atomic E-state index is 0.0361. The fourth-order valence-electron chi connectivity index (χ4n) is 5.02. The number of ether oxygens (including phenoxy) is 1. The maximum atomic E-state index is 13.0. The van der Waals surface area contributed by atoms with E-state index in [4.69, 9.17) is 4.74 Å². The van der Waals surface area contributed by atoms with Crippen molar-refractivity contribution in [3.63, 3.8) is 0 Å². The molecule has 0 aliphatic heterocycles. The summed E-state index contributed by atoms with van der Waals surface area (Å²) in [6.45, 7) is 0.0361. The Balaban J connectivity index is 1.29. The standard InChI is InChI=1S/C31H24F3NO4/c32-31(33,34)21-15-13-19(14-16-21)22-8-2-1-7-20(22)17-28(29(36)37)35-30(38)39-18-27-25-11-5-3-9-23(25)24-10-4-6-12-26(24)27/h1-16,27-28H,17-18H2,(H,35,38)(H,36,37). The van der Waals surface area contributed by atoms with Crippen LogP contribution in [0.2, 0.25) is 0 Å². The lowest BCUT2D eigenvalue weighted by Crippen LogP contribution is -2.43. The van der Waals surface area contributed by atoms with E-state index in [0.717, 1.165) is 34.4 Å². The smallest absolute Gasteiger partial charge is 0.416 e. The predicted molar refractivity (Wildman–Crippen MR) is 140 cm³/mol. The normalized spacial score (nSPS) is 13.3. The molecule has 0 saturated carbocycles. The van der Waals surface area contributed by atoms with E-state index in [1.807, 2.05) is 48.5 Å². The van der Waals surface area contributed by atoms with Crippen molar-refractivity contribution in [2.45, 2.75) is 24.6 Å². The Hall–Kier alpha value is -4.59. The molecule has 0 aromatic heterocycles. The third-order valence-electron chi connectivity index (χ3n) is 6.90. The summed E-state index contributed by atoms with van der Waals surface area (Å²) in [5.41, 5.74) is 5.08. The quantitative estimate of drug-likeness (QED) is 0.272. The highest BCUT2D eigenvalue weighted by Gasteiger charge is 2.31. The topological polar surface area (TPSA) is 75.6 Å². The van der Waals surface area contributed by atoms with Crippen molar-refractivity contribution in [3.8, 4) is 22.3 Å². The second-order valence-corrected chi connectivity index (χ2v) is 9.30. The summed E-state index contributed by atoms with van der Waals surface area (Å²) in [7, 11) is 0. The summed E-state index contributed by atoms with van der Waals surface area (Å²) in [5, 5.41) is 12.3. The number of carbonyl (C=O) groups is 2. The number of alkyl halides is 3. The third-order valence-corrected chi connectivity index (χ3v) is 6.90. The van der Waals surface area contributed by atoms with Gasteiger partial charge in [-0.1, -0.05) is 84.9 Å². The molecule has 2 N–H and O–H groups in total. The van der Waals surface area contributed by atoms with E-state index in [1.54, 1.807) is 24.3 Å². The number of hydrogen-bond donors (Lipinski definition) is 2. The molecule has 5 nitrogen and oxygen atoms in total. The van der Waals surface area contributed by atoms with Crippen LogP contribution in [0.4, 0.5) is 18.0 Å². The van der Waals surface area contributed by atoms with Gasteiger partial charge in [0, 0.05) is 12.3 Å². The number of alkyl carbamates (subject to hydrolysis) is 1. The first-order valence-electron chi connectivity index (χ1n) is 12.3. The van der Waals surface area contributed by atoms with Crippen molar-refractivity contribution < 1.29 is 32.6 Å². The van der Waals surface area contributed by atoms with Crippen LogP contribution in [0.15, 0.2) is 97.1 Å². The fourth-order valence-corrected chi connectivity index (χ4v) is 5.02. The average Bonchev–Trinajstić information content (AvgIpc) is 3.25. The van der Waals surface area contributed by atoms with Crippen LogP contribution in [0.1, 0.15) is 28.2 Å². The molecule has 0 heterocycles. The molecule has 0 radical (unpaired) electrons. The van der Waals surface area contributed by atoms with Crippen LogP contribution in [0.3, 0.4) is 0 Å². The van der Waals surface area contributed by atoms with Gasteiger partial charge in [-0.3, -0.25) is 0 Å². The zero-order valence-corrected chi connectivity index (χ0v) is 20.6. The number of hydrogen-bond acceptors (Lipinski definition) is 3. The van der Waals surface area contributed by atoms with Crippen LogP contribution in [-0.2, 0) is 22.1 Å². The number of carboxylic acids is 1. The number of fused-ring (bicyclic) bond motifs is 3. The summed E-state index contributed by atoms with van der Waals surface area (Å²) >= 11 is 0. The van der Waals surface area contributed by atoms with Gasteiger partial charge in [0.05, 0.1) is 5.56 Å². The van der Waals surface area contributed by atoms with Gasteiger partial charge in [-0.2, -0.15) is 13.2 Å². The molecule has 0 bridgehead atoms. The molecule has 1 amide bonds. The molecule has 1 aliphatic rings. The molecule has 5 rings (SSSR count). The zero-order chi connectivity index (χ0) is 27.6. The minimum Gasteiger partial charge on any atom is -0.480 e. The number of amides is 1. The summed E-state index contributed by atoms with van der Waals surface area (Å²) in [4.78, 5) is 24.7. The molecule has 0 saturated heterocycles. The second kappa shape index (κ2) is 10.6. The van der Waals surface area contributed by atoms with Crippen LogP contribution < -0.4 is 5.32 Å². The summed E-state index contributed by atoms with van der Waals surface area (Å²) in [6.07, 6.45) is -5.41. The molecule has 0 spiro atoms. The van der Waals surface area contributed by atoms with E-state index in [-0.39, 0.29) is 18.9 Å². The van der Waals surface area contributed by atoms with E-state index >= 15 is 0 Å². The number of rotatable bonds is 7. The van der Waals surface area contributed by atoms with Gasteiger partial charge in [0.2, 0.25) is 0 Å². The summed E-state index contributed by atoms with van der Waals surface area (Å²) in [5.74, 6) is -1.43. The molecule has 39 heavy (non-hydrogen) atoms. The Morgan fingerprint density at radius 3 is 1.90 bits per heavy atom. The van der Waals surface area contributed by atoms with Gasteiger partial charge >= 0.3 is 18.2 Å². The average molecular weight is 532 g/mol. The van der Waals surface area contributed by atoms with E-state index in [9.17, 15) is 27.9 Å². The molecular weight excluding hydrogens is 507 g/mol. The molecule has 8 heteroatoms. The molecular formula is C31H24F3NO4. The number of nitrogens with one attached hydrogen (secondary N) is 1. The van der Waals surface area contributed by atoms with Crippen LogP contribution in [0.5, 0.6) is 0 Å². The van der Waals surface area contributed by atoms with Crippen LogP contribution in [0.25, 0.3) is 22.3 Å². The van der Waals surface area contributed by atoms with Crippen LogP contribution in [-0.4, -0.2) is 29.8 Å². The number of carbonyl (C=O) groups excluding carboxylic acids is 1. The lowest BCUT2D eigenvalue weighted by molar-refractivity contribution is -0.139. The predicted octanol–water partition coefficient (Wildman–Crippen LogP) is 6.91. The van der Waals surface area contributed by atoms with Crippen molar-refractivity contribution in [1.82, 2.24) is 5.32 Å². The minimum atomic E-state index is -4.46. The SMILES string of the molecule is O=C(NC(Cc1ccccc1-c1ccc(C(F)(F)F)cc1)C(=O)O)OCC1c2ccccc2-c2ccccc21. The first kappa shape index (κ1) is 26.0. The molecule has 198 valence electrons. The highest BCUT2D eigenvalue weighted by molar-refractivity contribution is 5.82. The van der Waals surface area contributed by atoms with Gasteiger partial charge in [0.25, 0.3) is 0 Å². The molecule has 1 atom stereocenters. The Morgan fingerprint density at radius 2 is 1.33 bits per heavy atom. The van der Waals surface area contributed by atoms with Crippen LogP contribution in [0, 0.1) is 0 Å². The van der Waals surface area contributed by atoms with Crippen LogP contribution >= 0.6 is 0 Å². The molecule has 0 fully saturated rings. The van der Waals surface area contributed by atoms with Gasteiger partial charge in [0.15, 0.2) is 0 Å². The van der Waals surface area contributed by atoms with Crippen molar-refractivity contribution in [3.05, 3.63) is 119 Å². The van der Waals surface area contributed by atoms with Crippen molar-refractivity contribution >= 4 is 12.1 Å². The van der Waals surface area contributed by atoms with Gasteiger partial charge in [0.1, 0.15) is 12.6 Å². The molecule has 1 unspecified atom stereocenters. The lowest BCUT2D eigenvalue weighted by Gasteiger charge is -2.19. The Kier molecular flexibility index (Phi) is 7.11. The molecule has 4 aromatic rings. The van der Waals surface area contributed by atoms with Crippen molar-refractivity contribution in [2.24, 2.45) is 0 Å². The van der Waals surface area contributed by atoms with Gasteiger partial charge in [-0.25, -0.2) is 9.59 Å². The van der Waals surface area contributed by atoms with E-state index in [1.165, 1.54) is 12.1 Å². The van der Waals surface area contributed by atoms with Crippen molar-refractivity contribution in [1.29, 1.82) is 0 Å². The molecule has 1 aliphatic carbocycles. The fraction of sp³-hybridized carbons (Fsp3) is 0.161. The van der Waals surface area contributed by atoms with Gasteiger partial charge in [-0.15, -0.1) is 0 Å². The first-order chi connectivity index (χ1) is 18.7. The van der Waals surface area contributed by atoms with Gasteiger partial charge < -0.3 is 15.2 Å². The number of benzene rings is 4. The maximum Gasteiger partial charge on any atom is 0.416 e. The van der Waals surface area contributed by atoms with Gasteiger partial charge in [-0.05, 0) is 51.1 Å². The van der Waals surface area contributed by atoms with E-state index in [2.05, 4.69) is 5.32 Å². The second-order valence-electron chi connectivity index (χ2n) is 9.30. The number of halogens is 3. The zero-order valence-electron chi connectivity index (χ0n) is 20.6. The summed E-state index contributed by atoms with van der Waals surface area (Å²) < 4.78 is 44.4. The number of carboxylic acid groups (broad SMARTS) is 1. The Bertz CT molecular complexity index is 1470. The lowest BCUT2D eigenvalue weighted by atomic mass is 9.94. The Labute approximate surface area is 222 Å². The van der Waals surface area contributed by atoms with Crippen molar-refractivity contribution in [2.75, 3.05) is 6.61 Å². The largest absolute Gasteiger partial charge is 0.480 e. The molecule has 4 aromatic carbocycles. The Morgan fingerprint density at radius 1 is 0.795 bits per heavy atom. The van der Waals surface area contributed by atoms with E-state index in [0.29, 0.717) is 16.7 Å². The third kappa shape index (κ3) is 5.50. The highest BCUT2D eigenvalue weighted by Crippen LogP contribution is 2.44. The number of aliphatic carboxylic acids is 1. The first-order valence-corrected chi connectivity index (χ1v) is 12.3. The maximum absolute atomic E-state index is 13.0. The highest BCUT2D eigenvalue weighted by atomic mass is 19.4. The van der Waals surface area contributed by atoms with E-state index < -0.39 is 29.8 Å².